The molecule has 2 heterocycles. The van der Waals surface area contributed by atoms with Gasteiger partial charge in [-0.2, -0.15) is 15.0 Å². The van der Waals surface area contributed by atoms with E-state index in [0.717, 1.165) is 32.5 Å². The third kappa shape index (κ3) is 3.70. The fourth-order valence-corrected chi connectivity index (χ4v) is 2.50. The van der Waals surface area contributed by atoms with Crippen molar-refractivity contribution in [3.8, 4) is 0 Å². The highest BCUT2D eigenvalue weighted by atomic mass is 35.5. The number of rotatable bonds is 6. The number of hydrogen-bond acceptors (Lipinski definition) is 6. The molecule has 20 heavy (non-hydrogen) atoms. The Labute approximate surface area is 124 Å². The molecule has 1 saturated heterocycles. The van der Waals surface area contributed by atoms with E-state index in [9.17, 15) is 0 Å². The van der Waals surface area contributed by atoms with Crippen LogP contribution in [0.15, 0.2) is 0 Å². The summed E-state index contributed by atoms with van der Waals surface area (Å²) in [5.74, 6) is 1.12. The molecule has 112 valence electrons. The number of nitrogens with zero attached hydrogens (tertiary/aromatic N) is 4. The largest absolute Gasteiger partial charge is 0.376 e. The summed E-state index contributed by atoms with van der Waals surface area (Å²) in [7, 11) is 0. The molecule has 6 nitrogen and oxygen atoms in total. The van der Waals surface area contributed by atoms with E-state index >= 15 is 0 Å². The Bertz CT molecular complexity index is 435. The van der Waals surface area contributed by atoms with Crippen molar-refractivity contribution in [2.45, 2.75) is 45.8 Å². The average Bonchev–Trinajstić information content (AvgIpc) is 2.93. The van der Waals surface area contributed by atoms with Crippen LogP contribution in [-0.4, -0.2) is 46.8 Å². The van der Waals surface area contributed by atoms with Gasteiger partial charge in [-0.1, -0.05) is 0 Å². The summed E-state index contributed by atoms with van der Waals surface area (Å²) in [4.78, 5) is 14.8. The Balaban J connectivity index is 2.10. The molecule has 2 atom stereocenters. The lowest BCUT2D eigenvalue weighted by molar-refractivity contribution is 0.0994. The van der Waals surface area contributed by atoms with Crippen LogP contribution in [0, 0.1) is 0 Å². The van der Waals surface area contributed by atoms with E-state index < -0.39 is 0 Å². The Kier molecular flexibility index (Phi) is 5.37. The topological polar surface area (TPSA) is 63.2 Å². The molecule has 1 aliphatic rings. The quantitative estimate of drug-likeness (QED) is 0.870. The molecule has 7 heteroatoms. The minimum Gasteiger partial charge on any atom is -0.376 e. The molecule has 1 aliphatic heterocycles. The molecule has 1 N–H and O–H groups in total. The Hall–Kier alpha value is -1.14. The van der Waals surface area contributed by atoms with E-state index in [2.05, 4.69) is 41.0 Å². The van der Waals surface area contributed by atoms with Crippen LogP contribution in [0.5, 0.6) is 0 Å². The van der Waals surface area contributed by atoms with Crippen molar-refractivity contribution >= 4 is 23.5 Å². The first-order chi connectivity index (χ1) is 9.63. The number of nitrogens with one attached hydrogen (secondary N) is 1. The molecule has 2 rings (SSSR count). The Morgan fingerprint density at radius 1 is 1.35 bits per heavy atom. The fraction of sp³-hybridized carbons (Fsp3) is 0.769. The standard InChI is InChI=1S/C13H22ClN5O/c1-4-19(5-2)13-17-11(14)16-12(18-13)15-9(3)10-7-6-8-20-10/h9-10H,4-8H2,1-3H3,(H,15,16,17,18). The second kappa shape index (κ2) is 7.04. The molecule has 0 aliphatic carbocycles. The first kappa shape index (κ1) is 15.3. The molecule has 0 aromatic carbocycles. The Morgan fingerprint density at radius 3 is 2.70 bits per heavy atom. The smallest absolute Gasteiger partial charge is 0.231 e. The van der Waals surface area contributed by atoms with Crippen molar-refractivity contribution in [3.63, 3.8) is 0 Å². The van der Waals surface area contributed by atoms with E-state index in [-0.39, 0.29) is 17.4 Å². The summed E-state index contributed by atoms with van der Waals surface area (Å²) in [5, 5.41) is 3.48. The summed E-state index contributed by atoms with van der Waals surface area (Å²) in [6, 6.07) is 0.153. The number of hydrogen-bond donors (Lipinski definition) is 1. The van der Waals surface area contributed by atoms with Crippen LogP contribution in [0.3, 0.4) is 0 Å². The van der Waals surface area contributed by atoms with Gasteiger partial charge in [0.2, 0.25) is 17.2 Å². The third-order valence-electron chi connectivity index (χ3n) is 3.52. The Morgan fingerprint density at radius 2 is 2.10 bits per heavy atom. The number of anilines is 2. The van der Waals surface area contributed by atoms with Crippen molar-refractivity contribution in [3.05, 3.63) is 5.28 Å². The van der Waals surface area contributed by atoms with Gasteiger partial charge in [-0.15, -0.1) is 0 Å². The summed E-state index contributed by atoms with van der Waals surface area (Å²) in [6.45, 7) is 8.69. The van der Waals surface area contributed by atoms with Crippen LogP contribution >= 0.6 is 11.6 Å². The van der Waals surface area contributed by atoms with Crippen LogP contribution in [-0.2, 0) is 4.74 Å². The highest BCUT2D eigenvalue weighted by molar-refractivity contribution is 6.28. The van der Waals surface area contributed by atoms with Gasteiger partial charge in [0.15, 0.2) is 0 Å². The number of ether oxygens (including phenoxy) is 1. The molecule has 1 aromatic heterocycles. The highest BCUT2D eigenvalue weighted by Gasteiger charge is 2.23. The van der Waals surface area contributed by atoms with E-state index in [0.29, 0.717) is 11.9 Å². The first-order valence-electron chi connectivity index (χ1n) is 7.18. The monoisotopic (exact) mass is 299 g/mol. The van der Waals surface area contributed by atoms with Gasteiger partial charge in [0.1, 0.15) is 0 Å². The van der Waals surface area contributed by atoms with Crippen LogP contribution in [0.25, 0.3) is 0 Å². The second-order valence-electron chi connectivity index (χ2n) is 4.88. The molecule has 0 radical (unpaired) electrons. The van der Waals surface area contributed by atoms with Gasteiger partial charge in [-0.05, 0) is 45.2 Å². The minimum atomic E-state index is 0.153. The van der Waals surface area contributed by atoms with Crippen molar-refractivity contribution in [1.29, 1.82) is 0 Å². The van der Waals surface area contributed by atoms with Crippen molar-refractivity contribution in [1.82, 2.24) is 15.0 Å². The van der Waals surface area contributed by atoms with E-state index in [1.807, 2.05) is 4.90 Å². The van der Waals surface area contributed by atoms with E-state index in [1.165, 1.54) is 0 Å². The van der Waals surface area contributed by atoms with Crippen molar-refractivity contribution in [2.24, 2.45) is 0 Å². The zero-order valence-corrected chi connectivity index (χ0v) is 13.0. The summed E-state index contributed by atoms with van der Waals surface area (Å²) in [5.41, 5.74) is 0. The maximum absolute atomic E-state index is 5.99. The van der Waals surface area contributed by atoms with Crippen LogP contribution in [0.4, 0.5) is 11.9 Å². The van der Waals surface area contributed by atoms with Gasteiger partial charge in [-0.25, -0.2) is 0 Å². The first-order valence-corrected chi connectivity index (χ1v) is 7.56. The average molecular weight is 300 g/mol. The van der Waals surface area contributed by atoms with Crippen molar-refractivity contribution in [2.75, 3.05) is 29.9 Å². The molecule has 1 fully saturated rings. The minimum absolute atomic E-state index is 0.153. The third-order valence-corrected chi connectivity index (χ3v) is 3.69. The van der Waals surface area contributed by atoms with Gasteiger partial charge >= 0.3 is 0 Å². The molecular weight excluding hydrogens is 278 g/mol. The summed E-state index contributed by atoms with van der Waals surface area (Å²) in [6.07, 6.45) is 2.39. The second-order valence-corrected chi connectivity index (χ2v) is 5.22. The highest BCUT2D eigenvalue weighted by Crippen LogP contribution is 2.19. The van der Waals surface area contributed by atoms with Gasteiger partial charge in [0.05, 0.1) is 12.1 Å². The number of aromatic nitrogens is 3. The molecule has 0 saturated carbocycles. The molecule has 0 amide bonds. The molecule has 2 unspecified atom stereocenters. The van der Waals surface area contributed by atoms with Gasteiger partial charge in [0, 0.05) is 19.7 Å². The lowest BCUT2D eigenvalue weighted by Gasteiger charge is -2.22. The number of halogens is 1. The van der Waals surface area contributed by atoms with E-state index in [4.69, 9.17) is 16.3 Å². The summed E-state index contributed by atoms with van der Waals surface area (Å²) < 4.78 is 5.66. The lowest BCUT2D eigenvalue weighted by atomic mass is 10.1. The zero-order chi connectivity index (χ0) is 14.5. The molecule has 0 bridgehead atoms. The van der Waals surface area contributed by atoms with Crippen LogP contribution < -0.4 is 10.2 Å². The van der Waals surface area contributed by atoms with Gasteiger partial charge in [0.25, 0.3) is 0 Å². The van der Waals surface area contributed by atoms with Gasteiger partial charge in [-0.3, -0.25) is 0 Å². The predicted molar refractivity (Wildman–Crippen MR) is 80.5 cm³/mol. The van der Waals surface area contributed by atoms with Crippen LogP contribution in [0.1, 0.15) is 33.6 Å². The lowest BCUT2D eigenvalue weighted by Crippen LogP contribution is -2.31. The molecular formula is C13H22ClN5O. The van der Waals surface area contributed by atoms with Gasteiger partial charge < -0.3 is 15.0 Å². The normalized spacial score (nSPS) is 19.9. The molecule has 1 aromatic rings. The SMILES string of the molecule is CCN(CC)c1nc(Cl)nc(NC(C)C2CCCO2)n1. The summed E-state index contributed by atoms with van der Waals surface area (Å²) >= 11 is 5.99. The predicted octanol–water partition coefficient (Wildman–Crippen LogP) is 2.35. The fourth-order valence-electron chi connectivity index (χ4n) is 2.35. The maximum Gasteiger partial charge on any atom is 0.231 e. The van der Waals surface area contributed by atoms with Crippen molar-refractivity contribution < 1.29 is 4.74 Å². The molecule has 0 spiro atoms. The zero-order valence-electron chi connectivity index (χ0n) is 12.3. The van der Waals surface area contributed by atoms with Crippen LogP contribution in [0.2, 0.25) is 5.28 Å². The maximum atomic E-state index is 5.99. The van der Waals surface area contributed by atoms with E-state index in [1.54, 1.807) is 0 Å².